The van der Waals surface area contributed by atoms with Gasteiger partial charge in [-0.25, -0.2) is 0 Å². The van der Waals surface area contributed by atoms with Gasteiger partial charge < -0.3 is 19.1 Å². The van der Waals surface area contributed by atoms with Crippen molar-refractivity contribution in [1.29, 1.82) is 0 Å². The second-order valence-corrected chi connectivity index (χ2v) is 11.1. The predicted molar refractivity (Wildman–Crippen MR) is 152 cm³/mol. The average Bonchev–Trinajstić information content (AvgIpc) is 3.26. The van der Waals surface area contributed by atoms with Crippen molar-refractivity contribution in [2.24, 2.45) is 5.92 Å². The zero-order chi connectivity index (χ0) is 28.9. The molecule has 1 aliphatic rings. The Bertz CT molecular complexity index is 679. The third-order valence-corrected chi connectivity index (χ3v) is 7.35. The number of rotatable bonds is 22. The van der Waals surface area contributed by atoms with Crippen molar-refractivity contribution in [3.05, 3.63) is 0 Å². The molecule has 0 saturated carbocycles. The van der Waals surface area contributed by atoms with Crippen LogP contribution in [0.15, 0.2) is 0 Å². The van der Waals surface area contributed by atoms with Gasteiger partial charge in [0.1, 0.15) is 6.10 Å². The number of unbranched alkanes of at least 4 members (excludes halogenated alkanes) is 10. The molecule has 226 valence electrons. The molecular weight excluding hydrogens is 498 g/mol. The Morgan fingerprint density at radius 3 is 1.64 bits per heavy atom. The monoisotopic (exact) mass is 553 g/mol. The van der Waals surface area contributed by atoms with Gasteiger partial charge in [0.05, 0.1) is 19.8 Å². The number of likely N-dealkylation sites (tertiary alicyclic amines) is 1. The van der Waals surface area contributed by atoms with E-state index in [0.717, 1.165) is 38.5 Å². The smallest absolute Gasteiger partial charge is 0.306 e. The van der Waals surface area contributed by atoms with E-state index in [2.05, 4.69) is 13.8 Å². The molecule has 0 aromatic carbocycles. The number of esters is 3. The Morgan fingerprint density at radius 2 is 1.15 bits per heavy atom. The van der Waals surface area contributed by atoms with E-state index in [4.69, 9.17) is 14.2 Å². The van der Waals surface area contributed by atoms with Crippen LogP contribution in [0, 0.1) is 5.92 Å². The number of amides is 1. The van der Waals surface area contributed by atoms with Crippen LogP contribution in [0.1, 0.15) is 137 Å². The Balaban J connectivity index is 2.53. The summed E-state index contributed by atoms with van der Waals surface area (Å²) in [5.74, 6) is -1.77. The van der Waals surface area contributed by atoms with Crippen molar-refractivity contribution < 1.29 is 33.4 Å². The molecule has 1 saturated heterocycles. The van der Waals surface area contributed by atoms with Crippen molar-refractivity contribution in [3.8, 4) is 0 Å². The minimum absolute atomic E-state index is 0.0138. The van der Waals surface area contributed by atoms with Crippen LogP contribution >= 0.6 is 0 Å². The van der Waals surface area contributed by atoms with Crippen molar-refractivity contribution in [2.75, 3.05) is 19.8 Å². The van der Waals surface area contributed by atoms with Crippen LogP contribution in [0.4, 0.5) is 0 Å². The van der Waals surface area contributed by atoms with Gasteiger partial charge in [0.15, 0.2) is 0 Å². The first-order valence-electron chi connectivity index (χ1n) is 15.6. The molecule has 2 atom stereocenters. The van der Waals surface area contributed by atoms with E-state index in [-0.39, 0.29) is 37.3 Å². The minimum atomic E-state index is -0.543. The van der Waals surface area contributed by atoms with Gasteiger partial charge in [-0.1, -0.05) is 85.0 Å². The molecule has 1 fully saturated rings. The average molecular weight is 554 g/mol. The van der Waals surface area contributed by atoms with E-state index >= 15 is 0 Å². The van der Waals surface area contributed by atoms with Gasteiger partial charge in [-0.2, -0.15) is 0 Å². The Hall–Kier alpha value is -2.12. The van der Waals surface area contributed by atoms with E-state index in [1.807, 2.05) is 13.8 Å². The molecule has 0 aromatic rings. The molecule has 1 rings (SSSR count). The van der Waals surface area contributed by atoms with Crippen LogP contribution in [0.2, 0.25) is 0 Å². The van der Waals surface area contributed by atoms with E-state index < -0.39 is 23.8 Å². The molecule has 0 aromatic heterocycles. The summed E-state index contributed by atoms with van der Waals surface area (Å²) in [4.78, 5) is 51.6. The van der Waals surface area contributed by atoms with Crippen LogP contribution in [0.3, 0.4) is 0 Å². The van der Waals surface area contributed by atoms with Gasteiger partial charge in [0.2, 0.25) is 5.91 Å². The number of ether oxygens (including phenoxy) is 3. The van der Waals surface area contributed by atoms with Gasteiger partial charge in [-0.05, 0) is 25.7 Å². The van der Waals surface area contributed by atoms with Crippen molar-refractivity contribution in [2.45, 2.75) is 149 Å². The fraction of sp³-hybridized carbons (Fsp3) is 0.871. The Labute approximate surface area is 236 Å². The zero-order valence-electron chi connectivity index (χ0n) is 25.2. The highest BCUT2D eigenvalue weighted by atomic mass is 16.5. The lowest BCUT2D eigenvalue weighted by Crippen LogP contribution is -2.34. The SMILES string of the molecule is CCCCCCCCOC(=O)CC(CC(=O)OCCCCCCCC)CC(=O)O[C@@H]1CC(C)N(C(=O)CC)C1. The highest BCUT2D eigenvalue weighted by Crippen LogP contribution is 2.23. The summed E-state index contributed by atoms with van der Waals surface area (Å²) in [6.07, 6.45) is 13.6. The highest BCUT2D eigenvalue weighted by Gasteiger charge is 2.34. The number of hydrogen-bond donors (Lipinski definition) is 0. The third kappa shape index (κ3) is 16.6. The molecule has 8 heteroatoms. The maximum Gasteiger partial charge on any atom is 0.306 e. The summed E-state index contributed by atoms with van der Waals surface area (Å²) in [5.41, 5.74) is 0. The predicted octanol–water partition coefficient (Wildman–Crippen LogP) is 6.52. The molecule has 0 N–H and O–H groups in total. The van der Waals surface area contributed by atoms with Gasteiger partial charge in [-0.3, -0.25) is 19.2 Å². The summed E-state index contributed by atoms with van der Waals surface area (Å²) >= 11 is 0. The maximum absolute atomic E-state index is 12.8. The number of carbonyl (C=O) groups excluding carboxylic acids is 4. The molecule has 0 spiro atoms. The molecule has 0 radical (unpaired) electrons. The van der Waals surface area contributed by atoms with Gasteiger partial charge in [-0.15, -0.1) is 0 Å². The summed E-state index contributed by atoms with van der Waals surface area (Å²) < 4.78 is 16.5. The van der Waals surface area contributed by atoms with E-state index in [9.17, 15) is 19.2 Å². The number of hydrogen-bond acceptors (Lipinski definition) is 7. The first kappa shape index (κ1) is 34.9. The Morgan fingerprint density at radius 1 is 0.692 bits per heavy atom. The first-order chi connectivity index (χ1) is 18.8. The molecule has 39 heavy (non-hydrogen) atoms. The molecule has 1 unspecified atom stereocenters. The summed E-state index contributed by atoms with van der Waals surface area (Å²) in [6.45, 7) is 9.20. The molecule has 1 amide bonds. The second kappa shape index (κ2) is 21.7. The largest absolute Gasteiger partial charge is 0.466 e. The van der Waals surface area contributed by atoms with Crippen LogP contribution in [0.5, 0.6) is 0 Å². The number of carbonyl (C=O) groups is 4. The minimum Gasteiger partial charge on any atom is -0.466 e. The van der Waals surface area contributed by atoms with Crippen molar-refractivity contribution in [1.82, 2.24) is 4.90 Å². The quantitative estimate of drug-likeness (QED) is 0.0854. The lowest BCUT2D eigenvalue weighted by Gasteiger charge is -2.20. The summed E-state index contributed by atoms with van der Waals surface area (Å²) in [7, 11) is 0. The third-order valence-electron chi connectivity index (χ3n) is 7.35. The van der Waals surface area contributed by atoms with Gasteiger partial charge in [0, 0.05) is 38.1 Å². The van der Waals surface area contributed by atoms with Gasteiger partial charge in [0.25, 0.3) is 0 Å². The van der Waals surface area contributed by atoms with Crippen molar-refractivity contribution >= 4 is 23.8 Å². The molecule has 1 aliphatic heterocycles. The Kier molecular flexibility index (Phi) is 19.4. The van der Waals surface area contributed by atoms with Crippen LogP contribution in [0.25, 0.3) is 0 Å². The summed E-state index contributed by atoms with van der Waals surface area (Å²) in [5, 5.41) is 0. The fourth-order valence-corrected chi connectivity index (χ4v) is 5.03. The maximum atomic E-state index is 12.8. The fourth-order valence-electron chi connectivity index (χ4n) is 5.03. The van der Waals surface area contributed by atoms with E-state index in [0.29, 0.717) is 32.6 Å². The van der Waals surface area contributed by atoms with E-state index in [1.165, 1.54) is 38.5 Å². The first-order valence-corrected chi connectivity index (χ1v) is 15.6. The molecule has 0 aliphatic carbocycles. The lowest BCUT2D eigenvalue weighted by molar-refractivity contribution is -0.153. The number of nitrogens with zero attached hydrogens (tertiary/aromatic N) is 1. The van der Waals surface area contributed by atoms with Crippen LogP contribution < -0.4 is 0 Å². The standard InChI is InChI=1S/C31H55NO7/c1-5-8-10-12-14-16-18-37-29(34)21-26(22-30(35)38-19-17-15-13-11-9-6-2)23-31(36)39-27-20-25(4)32(24-27)28(33)7-3/h25-27H,5-24H2,1-4H3/t25?,27-/m1/s1. The topological polar surface area (TPSA) is 99.2 Å². The molecule has 8 nitrogen and oxygen atoms in total. The van der Waals surface area contributed by atoms with Gasteiger partial charge >= 0.3 is 17.9 Å². The molecule has 1 heterocycles. The van der Waals surface area contributed by atoms with Crippen LogP contribution in [-0.4, -0.2) is 60.6 Å². The lowest BCUT2D eigenvalue weighted by atomic mass is 9.97. The normalized spacial score (nSPS) is 16.9. The van der Waals surface area contributed by atoms with Crippen molar-refractivity contribution in [3.63, 3.8) is 0 Å². The van der Waals surface area contributed by atoms with Crippen LogP contribution in [-0.2, 0) is 33.4 Å². The molecular formula is C31H55NO7. The molecule has 0 bridgehead atoms. The zero-order valence-corrected chi connectivity index (χ0v) is 25.2. The van der Waals surface area contributed by atoms with E-state index in [1.54, 1.807) is 4.90 Å². The summed E-state index contributed by atoms with van der Waals surface area (Å²) in [6, 6.07) is 0.0138. The highest BCUT2D eigenvalue weighted by molar-refractivity contribution is 5.77. The second-order valence-electron chi connectivity index (χ2n) is 11.1.